The fraction of sp³-hybridized carbons (Fsp3) is 0.500. The first-order valence-corrected chi connectivity index (χ1v) is 6.81. The van der Waals surface area contributed by atoms with Gasteiger partial charge in [0.2, 0.25) is 0 Å². The third-order valence-corrected chi connectivity index (χ3v) is 5.71. The topological polar surface area (TPSA) is 9.23 Å². The van der Waals surface area contributed by atoms with Crippen molar-refractivity contribution in [3.05, 3.63) is 22.8 Å². The van der Waals surface area contributed by atoms with Gasteiger partial charge < -0.3 is 0 Å². The van der Waals surface area contributed by atoms with E-state index in [1.807, 2.05) is 0 Å². The third-order valence-electron chi connectivity index (χ3n) is 2.83. The molecule has 0 saturated heterocycles. The fourth-order valence-electron chi connectivity index (χ4n) is 2.08. The molecule has 1 atom stereocenters. The summed E-state index contributed by atoms with van der Waals surface area (Å²) in [6.07, 6.45) is 1.25. The molecule has 2 rings (SSSR count). The number of ether oxygens (including phenoxy) is 1. The average Bonchev–Trinajstić information content (AvgIpc) is 2.54. The van der Waals surface area contributed by atoms with Crippen molar-refractivity contribution in [3.63, 3.8) is 0 Å². The van der Waals surface area contributed by atoms with Crippen LogP contribution in [0.5, 0.6) is 5.75 Å². The SMILES string of the molecule is COc1cc(C)c2c(c1C)CC(C)[Se]2. The van der Waals surface area contributed by atoms with E-state index in [2.05, 4.69) is 26.8 Å². The number of hydrogen-bond donors (Lipinski definition) is 0. The van der Waals surface area contributed by atoms with E-state index in [0.717, 1.165) is 10.6 Å². The molecule has 0 bridgehead atoms. The number of aryl methyl sites for hydroxylation is 1. The summed E-state index contributed by atoms with van der Waals surface area (Å²) in [5, 5.41) is 0. The van der Waals surface area contributed by atoms with Gasteiger partial charge in [-0.05, 0) is 0 Å². The van der Waals surface area contributed by atoms with Crippen LogP contribution < -0.4 is 9.20 Å². The van der Waals surface area contributed by atoms with Crippen LogP contribution in [0, 0.1) is 13.8 Å². The van der Waals surface area contributed by atoms with Crippen molar-refractivity contribution < 1.29 is 4.74 Å². The molecule has 0 aliphatic carbocycles. The van der Waals surface area contributed by atoms with Crippen LogP contribution in [0.15, 0.2) is 6.07 Å². The van der Waals surface area contributed by atoms with Crippen LogP contribution in [0.2, 0.25) is 4.82 Å². The zero-order valence-corrected chi connectivity index (χ0v) is 10.9. The van der Waals surface area contributed by atoms with Crippen molar-refractivity contribution in [2.75, 3.05) is 7.11 Å². The molecule has 1 aliphatic heterocycles. The summed E-state index contributed by atoms with van der Waals surface area (Å²) in [4.78, 5) is 0.863. The Morgan fingerprint density at radius 3 is 2.79 bits per heavy atom. The van der Waals surface area contributed by atoms with Crippen LogP contribution in [0.4, 0.5) is 0 Å². The van der Waals surface area contributed by atoms with Crippen LogP contribution in [-0.4, -0.2) is 22.1 Å². The Morgan fingerprint density at radius 1 is 1.43 bits per heavy atom. The van der Waals surface area contributed by atoms with Crippen molar-refractivity contribution in [2.24, 2.45) is 0 Å². The van der Waals surface area contributed by atoms with E-state index >= 15 is 0 Å². The molecule has 0 radical (unpaired) electrons. The summed E-state index contributed by atoms with van der Waals surface area (Å²) in [5.41, 5.74) is 4.35. The number of benzene rings is 1. The van der Waals surface area contributed by atoms with Crippen LogP contribution in [-0.2, 0) is 6.42 Å². The van der Waals surface area contributed by atoms with Gasteiger partial charge >= 0.3 is 91.8 Å². The molecule has 1 aromatic carbocycles. The summed E-state index contributed by atoms with van der Waals surface area (Å²) >= 11 is 0.677. The fourth-order valence-corrected chi connectivity index (χ4v) is 4.76. The molecule has 0 aromatic heterocycles. The maximum atomic E-state index is 5.39. The van der Waals surface area contributed by atoms with Crippen LogP contribution in [0.25, 0.3) is 0 Å². The van der Waals surface area contributed by atoms with Gasteiger partial charge in [0.05, 0.1) is 0 Å². The standard InChI is InChI=1S/C12H16OSe/c1-7-5-11(13-4)9(3)10-6-8(2)14-12(7)10/h5,8H,6H2,1-4H3. The Kier molecular flexibility index (Phi) is 2.59. The van der Waals surface area contributed by atoms with Gasteiger partial charge in [0, 0.05) is 0 Å². The molecule has 0 spiro atoms. The molecule has 0 saturated carbocycles. The van der Waals surface area contributed by atoms with E-state index in [9.17, 15) is 0 Å². The molecule has 1 unspecified atom stereocenters. The zero-order chi connectivity index (χ0) is 10.3. The Morgan fingerprint density at radius 2 is 2.14 bits per heavy atom. The molecule has 14 heavy (non-hydrogen) atoms. The van der Waals surface area contributed by atoms with Gasteiger partial charge in [-0.2, -0.15) is 0 Å². The monoisotopic (exact) mass is 256 g/mol. The molecular weight excluding hydrogens is 239 g/mol. The first-order chi connectivity index (χ1) is 6.63. The normalized spacial score (nSPS) is 19.6. The Bertz CT molecular complexity index is 371. The van der Waals surface area contributed by atoms with E-state index in [1.165, 1.54) is 17.5 Å². The van der Waals surface area contributed by atoms with Crippen LogP contribution >= 0.6 is 0 Å². The Balaban J connectivity index is 2.58. The van der Waals surface area contributed by atoms with E-state index in [-0.39, 0.29) is 0 Å². The molecule has 0 amide bonds. The van der Waals surface area contributed by atoms with Gasteiger partial charge in [-0.3, -0.25) is 0 Å². The molecule has 1 aliphatic rings. The van der Waals surface area contributed by atoms with E-state index in [4.69, 9.17) is 4.74 Å². The van der Waals surface area contributed by atoms with Crippen molar-refractivity contribution >= 4 is 19.4 Å². The number of fused-ring (bicyclic) bond motifs is 1. The summed E-state index contributed by atoms with van der Waals surface area (Å²) in [6, 6.07) is 2.19. The van der Waals surface area contributed by atoms with Gasteiger partial charge in [0.1, 0.15) is 0 Å². The predicted octanol–water partition coefficient (Wildman–Crippen LogP) is 2.01. The molecule has 76 valence electrons. The first-order valence-electron chi connectivity index (χ1n) is 4.97. The Labute approximate surface area is 92.0 Å². The van der Waals surface area contributed by atoms with Gasteiger partial charge in [-0.1, -0.05) is 0 Å². The van der Waals surface area contributed by atoms with Crippen molar-refractivity contribution in [3.8, 4) is 5.75 Å². The van der Waals surface area contributed by atoms with Crippen molar-refractivity contribution in [1.29, 1.82) is 0 Å². The van der Waals surface area contributed by atoms with Crippen molar-refractivity contribution in [2.45, 2.75) is 32.0 Å². The van der Waals surface area contributed by atoms with Gasteiger partial charge in [-0.15, -0.1) is 0 Å². The van der Waals surface area contributed by atoms with Gasteiger partial charge in [0.25, 0.3) is 0 Å². The Hall–Kier alpha value is -0.461. The third kappa shape index (κ3) is 1.47. The van der Waals surface area contributed by atoms with E-state index in [0.29, 0.717) is 15.0 Å². The molecule has 0 N–H and O–H groups in total. The molecule has 0 fully saturated rings. The van der Waals surface area contributed by atoms with Crippen LogP contribution in [0.3, 0.4) is 0 Å². The molecule has 1 aromatic rings. The minimum atomic E-state index is 0.677. The van der Waals surface area contributed by atoms with E-state index in [1.54, 1.807) is 17.1 Å². The predicted molar refractivity (Wildman–Crippen MR) is 61.0 cm³/mol. The molecule has 1 nitrogen and oxygen atoms in total. The number of rotatable bonds is 1. The zero-order valence-electron chi connectivity index (χ0n) is 9.18. The minimum absolute atomic E-state index is 0.677. The second-order valence-corrected chi connectivity index (χ2v) is 7.00. The summed E-state index contributed by atoms with van der Waals surface area (Å²) in [7, 11) is 1.76. The van der Waals surface area contributed by atoms with Gasteiger partial charge in [-0.25, -0.2) is 0 Å². The molecular formula is C12H16OSe. The van der Waals surface area contributed by atoms with Crippen LogP contribution in [0.1, 0.15) is 23.6 Å². The maximum absolute atomic E-state index is 5.39. The summed E-state index contributed by atoms with van der Waals surface area (Å²) in [5.74, 6) is 1.06. The average molecular weight is 255 g/mol. The van der Waals surface area contributed by atoms with Crippen molar-refractivity contribution in [1.82, 2.24) is 0 Å². The summed E-state index contributed by atoms with van der Waals surface area (Å²) < 4.78 is 7.02. The quantitative estimate of drug-likeness (QED) is 0.697. The molecule has 2 heteroatoms. The first kappa shape index (κ1) is 10.1. The number of hydrogen-bond acceptors (Lipinski definition) is 1. The molecule has 1 heterocycles. The van der Waals surface area contributed by atoms with Gasteiger partial charge in [0.15, 0.2) is 0 Å². The second kappa shape index (κ2) is 3.60. The second-order valence-electron chi connectivity index (χ2n) is 3.96. The van der Waals surface area contributed by atoms with E-state index < -0.39 is 0 Å². The summed E-state index contributed by atoms with van der Waals surface area (Å²) in [6.45, 7) is 6.75. The number of methoxy groups -OCH3 is 1.